The van der Waals surface area contributed by atoms with E-state index < -0.39 is 0 Å². The van der Waals surface area contributed by atoms with Crippen LogP contribution in [-0.4, -0.2) is 27.6 Å². The smallest absolute Gasteiger partial charge is 0.143 e. The third-order valence-corrected chi connectivity index (χ3v) is 4.03. The number of aromatic nitrogens is 2. The van der Waals surface area contributed by atoms with Crippen LogP contribution in [0.3, 0.4) is 0 Å². The van der Waals surface area contributed by atoms with Gasteiger partial charge in [0.05, 0.1) is 0 Å². The summed E-state index contributed by atoms with van der Waals surface area (Å²) in [6, 6.07) is 6.44. The van der Waals surface area contributed by atoms with Crippen LogP contribution in [0.25, 0.3) is 10.8 Å². The predicted molar refractivity (Wildman–Crippen MR) is 92.2 cm³/mol. The summed E-state index contributed by atoms with van der Waals surface area (Å²) in [5, 5.41) is 17.7. The number of nitrogens with two attached hydrogens (primary N) is 1. The van der Waals surface area contributed by atoms with Crippen LogP contribution in [0.2, 0.25) is 0 Å². The standard InChI is InChI=1S/C17H22N6/c1-10(2)21-16-14-5-15(22-13-6-17(3,19)7-13)20-9-11(14)4-12(8-18)23-16/h4-5,9-10,13H,6-7,19H2,1-3H3,(H,20,22)(H,21,23)/t13-,17-. The first-order valence-corrected chi connectivity index (χ1v) is 7.89. The van der Waals surface area contributed by atoms with E-state index in [4.69, 9.17) is 11.0 Å². The molecule has 1 fully saturated rings. The van der Waals surface area contributed by atoms with E-state index in [-0.39, 0.29) is 11.6 Å². The Morgan fingerprint density at radius 1 is 1.39 bits per heavy atom. The van der Waals surface area contributed by atoms with Crippen molar-refractivity contribution in [3.8, 4) is 6.07 Å². The molecule has 4 N–H and O–H groups in total. The Labute approximate surface area is 136 Å². The van der Waals surface area contributed by atoms with Crippen molar-refractivity contribution in [1.82, 2.24) is 9.97 Å². The van der Waals surface area contributed by atoms with Crippen molar-refractivity contribution in [3.63, 3.8) is 0 Å². The molecule has 6 nitrogen and oxygen atoms in total. The summed E-state index contributed by atoms with van der Waals surface area (Å²) in [4.78, 5) is 8.84. The summed E-state index contributed by atoms with van der Waals surface area (Å²) in [6.07, 6.45) is 3.66. The second-order valence-electron chi connectivity index (χ2n) is 6.96. The van der Waals surface area contributed by atoms with Crippen molar-refractivity contribution in [1.29, 1.82) is 5.26 Å². The van der Waals surface area contributed by atoms with E-state index in [2.05, 4.69) is 33.6 Å². The summed E-state index contributed by atoms with van der Waals surface area (Å²) < 4.78 is 0. The molecule has 2 aromatic rings. The molecule has 6 heteroatoms. The van der Waals surface area contributed by atoms with Crippen LogP contribution >= 0.6 is 0 Å². The maximum atomic E-state index is 9.13. The molecular formula is C17H22N6. The lowest BCUT2D eigenvalue weighted by Crippen LogP contribution is -2.54. The van der Waals surface area contributed by atoms with E-state index in [1.807, 2.05) is 19.9 Å². The molecule has 3 rings (SSSR count). The van der Waals surface area contributed by atoms with E-state index >= 15 is 0 Å². The van der Waals surface area contributed by atoms with Gasteiger partial charge in [-0.15, -0.1) is 0 Å². The Morgan fingerprint density at radius 3 is 2.74 bits per heavy atom. The van der Waals surface area contributed by atoms with E-state index in [9.17, 15) is 0 Å². The highest BCUT2D eigenvalue weighted by Crippen LogP contribution is 2.32. The fourth-order valence-electron chi connectivity index (χ4n) is 3.04. The molecule has 0 saturated heterocycles. The number of fused-ring (bicyclic) bond motifs is 1. The maximum absolute atomic E-state index is 9.13. The van der Waals surface area contributed by atoms with Crippen molar-refractivity contribution < 1.29 is 0 Å². The summed E-state index contributed by atoms with van der Waals surface area (Å²) in [6.45, 7) is 6.16. The molecule has 2 heterocycles. The summed E-state index contributed by atoms with van der Waals surface area (Å²) in [7, 11) is 0. The Kier molecular flexibility index (Phi) is 3.82. The lowest BCUT2D eigenvalue weighted by atomic mass is 9.75. The van der Waals surface area contributed by atoms with E-state index in [1.54, 1.807) is 12.3 Å². The number of pyridine rings is 2. The SMILES string of the molecule is CC(C)Nc1nc(C#N)cc2cnc(N[C@H]3C[C@](C)(N)C3)cc12. The maximum Gasteiger partial charge on any atom is 0.143 e. The third-order valence-electron chi connectivity index (χ3n) is 4.03. The summed E-state index contributed by atoms with van der Waals surface area (Å²) in [5.41, 5.74) is 6.38. The van der Waals surface area contributed by atoms with Crippen LogP contribution < -0.4 is 16.4 Å². The van der Waals surface area contributed by atoms with Gasteiger partial charge >= 0.3 is 0 Å². The molecule has 0 bridgehead atoms. The Hall–Kier alpha value is -2.39. The zero-order chi connectivity index (χ0) is 16.6. The van der Waals surface area contributed by atoms with Gasteiger partial charge in [-0.1, -0.05) is 0 Å². The molecule has 0 radical (unpaired) electrons. The van der Waals surface area contributed by atoms with Gasteiger partial charge in [0, 0.05) is 34.6 Å². The van der Waals surface area contributed by atoms with Gasteiger partial charge < -0.3 is 16.4 Å². The highest BCUT2D eigenvalue weighted by atomic mass is 15.1. The van der Waals surface area contributed by atoms with Crippen LogP contribution in [0, 0.1) is 11.3 Å². The predicted octanol–water partition coefficient (Wildman–Crippen LogP) is 2.61. The molecule has 0 amide bonds. The van der Waals surface area contributed by atoms with E-state index in [0.717, 1.165) is 35.2 Å². The number of nitriles is 1. The minimum absolute atomic E-state index is 0.0673. The second kappa shape index (κ2) is 5.67. The molecule has 0 spiro atoms. The monoisotopic (exact) mass is 310 g/mol. The van der Waals surface area contributed by atoms with Crippen LogP contribution in [0.5, 0.6) is 0 Å². The van der Waals surface area contributed by atoms with Crippen molar-refractivity contribution in [2.45, 2.75) is 51.2 Å². The molecule has 120 valence electrons. The molecule has 2 aromatic heterocycles. The molecule has 0 aromatic carbocycles. The first-order chi connectivity index (χ1) is 10.9. The minimum atomic E-state index is -0.0673. The van der Waals surface area contributed by atoms with Gasteiger partial charge in [0.2, 0.25) is 0 Å². The van der Waals surface area contributed by atoms with Crippen LogP contribution in [0.4, 0.5) is 11.6 Å². The number of rotatable bonds is 4. The molecule has 1 aliphatic carbocycles. The van der Waals surface area contributed by atoms with Gasteiger partial charge in [-0.2, -0.15) is 5.26 Å². The summed E-state index contributed by atoms with van der Waals surface area (Å²) >= 11 is 0. The Bertz CT molecular complexity index is 766. The molecule has 1 saturated carbocycles. The Morgan fingerprint density at radius 2 is 2.13 bits per heavy atom. The van der Waals surface area contributed by atoms with Gasteiger partial charge in [-0.25, -0.2) is 9.97 Å². The number of nitrogens with zero attached hydrogens (tertiary/aromatic N) is 3. The normalized spacial score (nSPS) is 23.4. The largest absolute Gasteiger partial charge is 0.367 e. The lowest BCUT2D eigenvalue weighted by molar-refractivity contribution is 0.248. The van der Waals surface area contributed by atoms with Crippen LogP contribution in [0.15, 0.2) is 18.3 Å². The van der Waals surface area contributed by atoms with Gasteiger partial charge in [0.1, 0.15) is 23.4 Å². The highest BCUT2D eigenvalue weighted by Gasteiger charge is 2.36. The molecular weight excluding hydrogens is 288 g/mol. The number of hydrogen-bond acceptors (Lipinski definition) is 6. The summed E-state index contributed by atoms with van der Waals surface area (Å²) in [5.74, 6) is 1.54. The van der Waals surface area contributed by atoms with E-state index in [0.29, 0.717) is 11.7 Å². The van der Waals surface area contributed by atoms with Gasteiger partial charge in [-0.05, 0) is 45.7 Å². The molecule has 0 atom stereocenters. The van der Waals surface area contributed by atoms with Gasteiger partial charge in [0.15, 0.2) is 0 Å². The molecule has 1 aliphatic rings. The van der Waals surface area contributed by atoms with Gasteiger partial charge in [-0.3, -0.25) is 0 Å². The van der Waals surface area contributed by atoms with Crippen LogP contribution in [-0.2, 0) is 0 Å². The third kappa shape index (κ3) is 3.35. The van der Waals surface area contributed by atoms with Crippen molar-refractivity contribution >= 4 is 22.4 Å². The second-order valence-corrected chi connectivity index (χ2v) is 6.96. The fourth-order valence-corrected chi connectivity index (χ4v) is 3.04. The topological polar surface area (TPSA) is 99.6 Å². The van der Waals surface area contributed by atoms with Crippen molar-refractivity contribution in [2.24, 2.45) is 5.73 Å². The molecule has 0 unspecified atom stereocenters. The highest BCUT2D eigenvalue weighted by molar-refractivity contribution is 5.93. The molecule has 23 heavy (non-hydrogen) atoms. The average Bonchev–Trinajstić information content (AvgIpc) is 2.45. The average molecular weight is 310 g/mol. The van der Waals surface area contributed by atoms with E-state index in [1.165, 1.54) is 0 Å². The quantitative estimate of drug-likeness (QED) is 0.802. The Balaban J connectivity index is 1.92. The zero-order valence-corrected chi connectivity index (χ0v) is 13.7. The first kappa shape index (κ1) is 15.5. The number of hydrogen-bond donors (Lipinski definition) is 3. The van der Waals surface area contributed by atoms with Crippen LogP contribution in [0.1, 0.15) is 39.3 Å². The number of anilines is 2. The van der Waals surface area contributed by atoms with Crippen molar-refractivity contribution in [2.75, 3.05) is 10.6 Å². The lowest BCUT2D eigenvalue weighted by Gasteiger charge is -2.42. The van der Waals surface area contributed by atoms with Gasteiger partial charge in [0.25, 0.3) is 0 Å². The fraction of sp³-hybridized carbons (Fsp3) is 0.471. The molecule has 0 aliphatic heterocycles. The van der Waals surface area contributed by atoms with Crippen molar-refractivity contribution in [3.05, 3.63) is 24.0 Å². The number of nitrogens with one attached hydrogen (secondary N) is 2. The zero-order valence-electron chi connectivity index (χ0n) is 13.7. The first-order valence-electron chi connectivity index (χ1n) is 7.89. The minimum Gasteiger partial charge on any atom is -0.367 e.